The van der Waals surface area contributed by atoms with Crippen LogP contribution in [0.3, 0.4) is 0 Å². The zero-order valence-corrected chi connectivity index (χ0v) is 11.5. The topological polar surface area (TPSA) is 29.0 Å². The van der Waals surface area contributed by atoms with Crippen molar-refractivity contribution in [1.29, 1.82) is 0 Å². The highest BCUT2D eigenvalue weighted by atomic mass is 35.5. The van der Waals surface area contributed by atoms with Gasteiger partial charge in [0.05, 0.1) is 17.2 Å². The van der Waals surface area contributed by atoms with Crippen molar-refractivity contribution in [3.63, 3.8) is 0 Å². The van der Waals surface area contributed by atoms with Gasteiger partial charge in [-0.3, -0.25) is 4.98 Å². The Kier molecular flexibility index (Phi) is 3.70. The largest absolute Gasteiger partial charge is 0.355 e. The summed E-state index contributed by atoms with van der Waals surface area (Å²) in [5.41, 5.74) is 1.51. The predicted octanol–water partition coefficient (Wildman–Crippen LogP) is 3.76. The van der Waals surface area contributed by atoms with Crippen LogP contribution in [0.15, 0.2) is 24.4 Å². The fraction of sp³-hybridized carbons (Fsp3) is 0.429. The minimum absolute atomic E-state index is 0.488. The maximum atomic E-state index is 12.6. The van der Waals surface area contributed by atoms with Gasteiger partial charge in [0.25, 0.3) is 0 Å². The number of alkyl halides is 2. The Hall–Kier alpha value is -1.49. The van der Waals surface area contributed by atoms with Crippen molar-refractivity contribution in [2.75, 3.05) is 18.0 Å². The van der Waals surface area contributed by atoms with E-state index in [4.69, 9.17) is 11.6 Å². The van der Waals surface area contributed by atoms with E-state index in [0.29, 0.717) is 31.0 Å². The number of piperidine rings is 1. The molecule has 0 spiro atoms. The molecule has 2 aromatic rings. The van der Waals surface area contributed by atoms with E-state index < -0.39 is 12.3 Å². The van der Waals surface area contributed by atoms with Gasteiger partial charge in [0, 0.05) is 24.0 Å². The summed E-state index contributed by atoms with van der Waals surface area (Å²) in [6, 6.07) is 5.35. The zero-order chi connectivity index (χ0) is 14.1. The van der Waals surface area contributed by atoms with Crippen LogP contribution in [0.25, 0.3) is 11.0 Å². The van der Waals surface area contributed by atoms with E-state index in [-0.39, 0.29) is 0 Å². The third kappa shape index (κ3) is 2.68. The second kappa shape index (κ2) is 5.48. The third-order valence-electron chi connectivity index (χ3n) is 3.71. The number of benzene rings is 1. The van der Waals surface area contributed by atoms with Crippen molar-refractivity contribution in [1.82, 2.24) is 9.97 Å². The molecule has 0 bridgehead atoms. The molecule has 106 valence electrons. The average molecular weight is 298 g/mol. The smallest absolute Gasteiger partial charge is 0.241 e. The number of hydrogen-bond acceptors (Lipinski definition) is 3. The van der Waals surface area contributed by atoms with E-state index in [0.717, 1.165) is 16.9 Å². The number of fused-ring (bicyclic) bond motifs is 1. The standard InChI is InChI=1S/C14H14ClF2N3/c15-10-1-2-11-12(7-10)18-8-13(19-11)20-5-3-9(4-6-20)14(16)17/h1-2,7-9,14H,3-6H2. The molecule has 0 atom stereocenters. The van der Waals surface area contributed by atoms with Gasteiger partial charge in [-0.25, -0.2) is 13.8 Å². The van der Waals surface area contributed by atoms with E-state index in [1.165, 1.54) is 0 Å². The lowest BCUT2D eigenvalue weighted by molar-refractivity contribution is 0.0635. The summed E-state index contributed by atoms with van der Waals surface area (Å²) in [6.07, 6.45) is 0.458. The Morgan fingerprint density at radius 1 is 1.20 bits per heavy atom. The van der Waals surface area contributed by atoms with Gasteiger partial charge in [0.1, 0.15) is 5.82 Å². The lowest BCUT2D eigenvalue weighted by Crippen LogP contribution is -2.36. The van der Waals surface area contributed by atoms with Crippen molar-refractivity contribution < 1.29 is 8.78 Å². The summed E-state index contributed by atoms with van der Waals surface area (Å²) < 4.78 is 25.3. The third-order valence-corrected chi connectivity index (χ3v) is 3.95. The van der Waals surface area contributed by atoms with Crippen molar-refractivity contribution in [2.45, 2.75) is 19.3 Å². The van der Waals surface area contributed by atoms with Crippen molar-refractivity contribution >= 4 is 28.5 Å². The summed E-state index contributed by atoms with van der Waals surface area (Å²) in [5, 5.41) is 0.622. The molecular formula is C14H14ClF2N3. The molecule has 1 aromatic carbocycles. The molecule has 0 N–H and O–H groups in total. The van der Waals surface area contributed by atoms with Gasteiger partial charge in [-0.15, -0.1) is 0 Å². The molecule has 6 heteroatoms. The fourth-order valence-corrected chi connectivity index (χ4v) is 2.67. The fourth-order valence-electron chi connectivity index (χ4n) is 2.51. The molecule has 0 saturated carbocycles. The Bertz CT molecular complexity index is 612. The van der Waals surface area contributed by atoms with E-state index in [2.05, 4.69) is 9.97 Å². The van der Waals surface area contributed by atoms with Gasteiger partial charge in [0.2, 0.25) is 6.43 Å². The van der Waals surface area contributed by atoms with Crippen LogP contribution in [0.5, 0.6) is 0 Å². The highest BCUT2D eigenvalue weighted by Crippen LogP contribution is 2.27. The predicted molar refractivity (Wildman–Crippen MR) is 75.5 cm³/mol. The second-order valence-corrected chi connectivity index (χ2v) is 5.46. The molecule has 0 radical (unpaired) electrons. The minimum atomic E-state index is -2.22. The number of anilines is 1. The average Bonchev–Trinajstić information content (AvgIpc) is 2.47. The first kappa shape index (κ1) is 13.5. The molecule has 2 heterocycles. The van der Waals surface area contributed by atoms with Crippen LogP contribution >= 0.6 is 11.6 Å². The second-order valence-electron chi connectivity index (χ2n) is 5.02. The molecule has 1 aromatic heterocycles. The monoisotopic (exact) mass is 297 g/mol. The van der Waals surface area contributed by atoms with Gasteiger partial charge in [0.15, 0.2) is 0 Å². The molecule has 3 rings (SSSR count). The van der Waals surface area contributed by atoms with Crippen LogP contribution < -0.4 is 4.90 Å². The molecule has 1 fully saturated rings. The van der Waals surface area contributed by atoms with Crippen LogP contribution in [0.2, 0.25) is 5.02 Å². The lowest BCUT2D eigenvalue weighted by Gasteiger charge is -2.32. The Morgan fingerprint density at radius 3 is 2.65 bits per heavy atom. The maximum absolute atomic E-state index is 12.6. The first-order chi connectivity index (χ1) is 9.63. The normalized spacial score (nSPS) is 17.1. The molecular weight excluding hydrogens is 284 g/mol. The van der Waals surface area contributed by atoms with E-state index in [9.17, 15) is 8.78 Å². The molecule has 0 aliphatic carbocycles. The number of nitrogens with zero attached hydrogens (tertiary/aromatic N) is 3. The van der Waals surface area contributed by atoms with E-state index >= 15 is 0 Å². The first-order valence-electron chi connectivity index (χ1n) is 6.59. The minimum Gasteiger partial charge on any atom is -0.355 e. The first-order valence-corrected chi connectivity index (χ1v) is 6.97. The number of rotatable bonds is 2. The Labute approximate surface area is 120 Å². The highest BCUT2D eigenvalue weighted by molar-refractivity contribution is 6.31. The number of halogens is 3. The molecule has 0 amide bonds. The van der Waals surface area contributed by atoms with Gasteiger partial charge in [-0.2, -0.15) is 0 Å². The molecule has 20 heavy (non-hydrogen) atoms. The summed E-state index contributed by atoms with van der Waals surface area (Å²) >= 11 is 5.90. The van der Waals surface area contributed by atoms with Gasteiger partial charge in [-0.05, 0) is 31.0 Å². The molecule has 1 saturated heterocycles. The van der Waals surface area contributed by atoms with E-state index in [1.54, 1.807) is 18.3 Å². The number of aromatic nitrogens is 2. The quantitative estimate of drug-likeness (QED) is 0.845. The number of hydrogen-bond donors (Lipinski definition) is 0. The lowest BCUT2D eigenvalue weighted by atomic mass is 9.97. The SMILES string of the molecule is FC(F)C1CCN(c2cnc3cc(Cl)ccc3n2)CC1. The van der Waals surface area contributed by atoms with Gasteiger partial charge >= 0.3 is 0 Å². The van der Waals surface area contributed by atoms with Crippen molar-refractivity contribution in [2.24, 2.45) is 5.92 Å². The summed E-state index contributed by atoms with van der Waals surface area (Å²) in [6.45, 7) is 1.20. The van der Waals surface area contributed by atoms with Crippen molar-refractivity contribution in [3.8, 4) is 0 Å². The van der Waals surface area contributed by atoms with Crippen molar-refractivity contribution in [3.05, 3.63) is 29.4 Å². The molecule has 3 nitrogen and oxygen atoms in total. The van der Waals surface area contributed by atoms with Gasteiger partial charge in [-0.1, -0.05) is 11.6 Å². The van der Waals surface area contributed by atoms with E-state index in [1.807, 2.05) is 11.0 Å². The summed E-state index contributed by atoms with van der Waals surface area (Å²) in [5.74, 6) is 0.256. The van der Waals surface area contributed by atoms with Crippen LogP contribution in [-0.2, 0) is 0 Å². The van der Waals surface area contributed by atoms with Crippen LogP contribution in [-0.4, -0.2) is 29.5 Å². The molecule has 1 aliphatic rings. The highest BCUT2D eigenvalue weighted by Gasteiger charge is 2.26. The zero-order valence-electron chi connectivity index (χ0n) is 10.8. The van der Waals surface area contributed by atoms with Crippen LogP contribution in [0.1, 0.15) is 12.8 Å². The summed E-state index contributed by atoms with van der Waals surface area (Å²) in [7, 11) is 0. The Morgan fingerprint density at radius 2 is 1.95 bits per heavy atom. The van der Waals surface area contributed by atoms with Crippen LogP contribution in [0.4, 0.5) is 14.6 Å². The molecule has 1 aliphatic heterocycles. The molecule has 0 unspecified atom stereocenters. The summed E-state index contributed by atoms with van der Waals surface area (Å²) in [4.78, 5) is 10.9. The van der Waals surface area contributed by atoms with Gasteiger partial charge < -0.3 is 4.90 Å². The maximum Gasteiger partial charge on any atom is 0.241 e. The van der Waals surface area contributed by atoms with Crippen LogP contribution in [0, 0.1) is 5.92 Å². The Balaban J connectivity index is 1.79.